The summed E-state index contributed by atoms with van der Waals surface area (Å²) >= 11 is 7.23. The van der Waals surface area contributed by atoms with Gasteiger partial charge in [0.1, 0.15) is 11.5 Å². The zero-order chi connectivity index (χ0) is 25.9. The van der Waals surface area contributed by atoms with E-state index in [1.165, 1.54) is 22.5 Å². The molecule has 4 aromatic carbocycles. The molecule has 3 nitrogen and oxygen atoms in total. The number of aromatic nitrogens is 1. The highest BCUT2D eigenvalue weighted by molar-refractivity contribution is 9.10. The quantitative estimate of drug-likeness (QED) is 0.182. The second-order valence-electron chi connectivity index (χ2n) is 8.66. The Kier molecular flexibility index (Phi) is 7.54. The molecule has 5 aromatic rings. The molecular formula is C32H27Br2NO2. The van der Waals surface area contributed by atoms with Crippen molar-refractivity contribution in [1.82, 2.24) is 4.57 Å². The van der Waals surface area contributed by atoms with Crippen LogP contribution < -0.4 is 9.47 Å². The Labute approximate surface area is 235 Å². The zero-order valence-corrected chi connectivity index (χ0v) is 24.1. The van der Waals surface area contributed by atoms with E-state index < -0.39 is 0 Å². The van der Waals surface area contributed by atoms with Gasteiger partial charge in [0.15, 0.2) is 0 Å². The maximum absolute atomic E-state index is 5.46. The van der Waals surface area contributed by atoms with Gasteiger partial charge in [-0.25, -0.2) is 0 Å². The lowest BCUT2D eigenvalue weighted by Gasteiger charge is -2.14. The second kappa shape index (κ2) is 11.0. The van der Waals surface area contributed by atoms with Crippen LogP contribution in [0.3, 0.4) is 0 Å². The highest BCUT2D eigenvalue weighted by atomic mass is 79.9. The van der Waals surface area contributed by atoms with Crippen LogP contribution in [-0.2, 0) is 6.54 Å². The molecule has 186 valence electrons. The molecule has 37 heavy (non-hydrogen) atoms. The van der Waals surface area contributed by atoms with E-state index in [4.69, 9.17) is 9.47 Å². The molecule has 0 unspecified atom stereocenters. The molecule has 0 saturated heterocycles. The van der Waals surface area contributed by atoms with Crippen LogP contribution in [-0.4, -0.2) is 18.8 Å². The van der Waals surface area contributed by atoms with Crippen LogP contribution in [0.2, 0.25) is 0 Å². The van der Waals surface area contributed by atoms with Gasteiger partial charge in [-0.3, -0.25) is 0 Å². The molecule has 5 heteroatoms. The summed E-state index contributed by atoms with van der Waals surface area (Å²) in [4.78, 5) is 0. The highest BCUT2D eigenvalue weighted by Crippen LogP contribution is 2.49. The first-order valence-electron chi connectivity index (χ1n) is 12.1. The van der Waals surface area contributed by atoms with Gasteiger partial charge in [0.2, 0.25) is 0 Å². The topological polar surface area (TPSA) is 23.4 Å². The molecule has 1 heterocycles. The molecule has 0 atom stereocenters. The van der Waals surface area contributed by atoms with Crippen molar-refractivity contribution in [3.63, 3.8) is 0 Å². The fourth-order valence-corrected chi connectivity index (χ4v) is 5.36. The maximum atomic E-state index is 5.46. The first-order valence-corrected chi connectivity index (χ1v) is 13.7. The van der Waals surface area contributed by atoms with Gasteiger partial charge in [0.05, 0.1) is 25.6 Å². The molecule has 0 aliphatic carbocycles. The molecule has 0 fully saturated rings. The van der Waals surface area contributed by atoms with Crippen molar-refractivity contribution >= 4 is 31.9 Å². The summed E-state index contributed by atoms with van der Waals surface area (Å²) in [6.45, 7) is 3.01. The SMILES string of the molecule is CCn1c(-c2ccc(OC)cc2)c(-c2ccc(Br)cc2)c(-c2ccc(Br)cc2)c1-c1ccc(OC)cc1. The average molecular weight is 617 g/mol. The lowest BCUT2D eigenvalue weighted by molar-refractivity contribution is 0.415. The number of hydrogen-bond acceptors (Lipinski definition) is 2. The lowest BCUT2D eigenvalue weighted by atomic mass is 9.91. The normalized spacial score (nSPS) is 10.9. The zero-order valence-electron chi connectivity index (χ0n) is 21.0. The average Bonchev–Trinajstić information content (AvgIpc) is 3.29. The summed E-state index contributed by atoms with van der Waals surface area (Å²) < 4.78 is 15.5. The van der Waals surface area contributed by atoms with Crippen LogP contribution >= 0.6 is 31.9 Å². The van der Waals surface area contributed by atoms with Crippen LogP contribution in [0.4, 0.5) is 0 Å². The summed E-state index contributed by atoms with van der Waals surface area (Å²) in [7, 11) is 3.40. The molecule has 0 radical (unpaired) electrons. The first-order chi connectivity index (χ1) is 18.0. The Morgan fingerprint density at radius 2 is 0.838 bits per heavy atom. The number of methoxy groups -OCH3 is 2. The predicted octanol–water partition coefficient (Wildman–Crippen LogP) is 9.72. The molecule has 0 N–H and O–H groups in total. The molecule has 0 aliphatic rings. The summed E-state index contributed by atoms with van der Waals surface area (Å²) in [6, 6.07) is 33.9. The molecule has 5 rings (SSSR count). The van der Waals surface area contributed by atoms with Crippen LogP contribution in [0.25, 0.3) is 44.8 Å². The highest BCUT2D eigenvalue weighted by Gasteiger charge is 2.26. The van der Waals surface area contributed by atoms with Crippen LogP contribution in [0.1, 0.15) is 6.92 Å². The molecule has 0 spiro atoms. The van der Waals surface area contributed by atoms with E-state index in [1.54, 1.807) is 14.2 Å². The summed E-state index contributed by atoms with van der Waals surface area (Å²) in [6.07, 6.45) is 0. The Morgan fingerprint density at radius 3 is 1.14 bits per heavy atom. The minimum Gasteiger partial charge on any atom is -0.497 e. The maximum Gasteiger partial charge on any atom is 0.118 e. The van der Waals surface area contributed by atoms with Gasteiger partial charge in [-0.05, 0) is 102 Å². The number of nitrogens with zero attached hydrogens (tertiary/aromatic N) is 1. The third kappa shape index (κ3) is 4.98. The fraction of sp³-hybridized carbons (Fsp3) is 0.125. The van der Waals surface area contributed by atoms with E-state index >= 15 is 0 Å². The van der Waals surface area contributed by atoms with E-state index in [0.29, 0.717) is 0 Å². The minimum atomic E-state index is 0.808. The van der Waals surface area contributed by atoms with Gasteiger partial charge in [-0.2, -0.15) is 0 Å². The smallest absolute Gasteiger partial charge is 0.118 e. The van der Waals surface area contributed by atoms with Crippen molar-refractivity contribution in [3.8, 4) is 56.3 Å². The third-order valence-electron chi connectivity index (χ3n) is 6.57. The number of rotatable bonds is 7. The van der Waals surface area contributed by atoms with Gasteiger partial charge in [-0.15, -0.1) is 0 Å². The Balaban J connectivity index is 1.91. The summed E-state index contributed by atoms with van der Waals surface area (Å²) in [5.74, 6) is 1.68. The van der Waals surface area contributed by atoms with Crippen LogP contribution in [0.15, 0.2) is 106 Å². The predicted molar refractivity (Wildman–Crippen MR) is 160 cm³/mol. The van der Waals surface area contributed by atoms with E-state index in [2.05, 4.69) is 116 Å². The summed E-state index contributed by atoms with van der Waals surface area (Å²) in [5, 5.41) is 0. The van der Waals surface area contributed by atoms with Crippen molar-refractivity contribution in [2.75, 3.05) is 14.2 Å². The van der Waals surface area contributed by atoms with Gasteiger partial charge < -0.3 is 14.0 Å². The van der Waals surface area contributed by atoms with Crippen molar-refractivity contribution in [2.45, 2.75) is 13.5 Å². The number of benzene rings is 4. The van der Waals surface area contributed by atoms with E-state index in [9.17, 15) is 0 Å². The van der Waals surface area contributed by atoms with Gasteiger partial charge >= 0.3 is 0 Å². The number of ether oxygens (including phenoxy) is 2. The molecular weight excluding hydrogens is 590 g/mol. The number of hydrogen-bond donors (Lipinski definition) is 0. The van der Waals surface area contributed by atoms with Crippen molar-refractivity contribution in [3.05, 3.63) is 106 Å². The number of halogens is 2. The van der Waals surface area contributed by atoms with E-state index in [0.717, 1.165) is 49.2 Å². The third-order valence-corrected chi connectivity index (χ3v) is 7.63. The van der Waals surface area contributed by atoms with Gasteiger partial charge in [-0.1, -0.05) is 56.1 Å². The monoisotopic (exact) mass is 615 g/mol. The van der Waals surface area contributed by atoms with Crippen molar-refractivity contribution in [2.24, 2.45) is 0 Å². The molecule has 0 bridgehead atoms. The molecule has 0 saturated carbocycles. The van der Waals surface area contributed by atoms with Crippen LogP contribution in [0.5, 0.6) is 11.5 Å². The van der Waals surface area contributed by atoms with Crippen LogP contribution in [0, 0.1) is 0 Å². The Morgan fingerprint density at radius 1 is 0.514 bits per heavy atom. The summed E-state index contributed by atoms with van der Waals surface area (Å²) in [5.41, 5.74) is 9.35. The Hall–Kier alpha value is -3.28. The molecule has 0 aliphatic heterocycles. The fourth-order valence-electron chi connectivity index (χ4n) is 4.83. The van der Waals surface area contributed by atoms with Gasteiger partial charge in [0, 0.05) is 26.6 Å². The lowest BCUT2D eigenvalue weighted by Crippen LogP contribution is -2.00. The van der Waals surface area contributed by atoms with E-state index in [1.807, 2.05) is 24.3 Å². The van der Waals surface area contributed by atoms with Gasteiger partial charge in [0.25, 0.3) is 0 Å². The second-order valence-corrected chi connectivity index (χ2v) is 10.5. The molecule has 0 amide bonds. The minimum absolute atomic E-state index is 0.808. The molecule has 1 aromatic heterocycles. The van der Waals surface area contributed by atoms with E-state index in [-0.39, 0.29) is 0 Å². The van der Waals surface area contributed by atoms with Crippen molar-refractivity contribution < 1.29 is 9.47 Å². The Bertz CT molecular complexity index is 1390. The first kappa shape index (κ1) is 25.4. The largest absolute Gasteiger partial charge is 0.497 e. The van der Waals surface area contributed by atoms with Crippen molar-refractivity contribution in [1.29, 1.82) is 0 Å². The standard InChI is InChI=1S/C32H27Br2NO2/c1-4-35-31(23-9-17-27(36-2)18-10-23)29(21-5-13-25(33)14-6-21)30(22-7-15-26(34)16-8-22)32(35)24-11-19-28(37-3)20-12-24/h5-20H,4H2,1-3H3.